The van der Waals surface area contributed by atoms with Gasteiger partial charge in [-0.1, -0.05) is 25.1 Å². The van der Waals surface area contributed by atoms with Crippen LogP contribution < -0.4 is 10.5 Å². The van der Waals surface area contributed by atoms with Gasteiger partial charge in [0.25, 0.3) is 0 Å². The molecule has 0 spiro atoms. The number of nitrogens with two attached hydrogens (primary N) is 1. The van der Waals surface area contributed by atoms with E-state index >= 15 is 0 Å². The largest absolute Gasteiger partial charge is 0.444 e. The van der Waals surface area contributed by atoms with E-state index in [1.54, 1.807) is 24.4 Å². The van der Waals surface area contributed by atoms with Gasteiger partial charge in [-0.3, -0.25) is 0 Å². The summed E-state index contributed by atoms with van der Waals surface area (Å²) in [4.78, 5) is 4.19. The molecule has 0 saturated heterocycles. The van der Waals surface area contributed by atoms with Crippen LogP contribution in [0.2, 0.25) is 0 Å². The molecule has 0 aliphatic heterocycles. The molecule has 0 aliphatic rings. The summed E-state index contributed by atoms with van der Waals surface area (Å²) in [6, 6.07) is 6.63. The van der Waals surface area contributed by atoms with Crippen molar-refractivity contribution in [3.05, 3.63) is 47.7 Å². The normalized spacial score (nSPS) is 11.7. The molecule has 3 N–H and O–H groups in total. The Hall–Kier alpha value is -1.70. The van der Waals surface area contributed by atoms with Crippen LogP contribution in [0.3, 0.4) is 0 Å². The standard InChI is InChI=1S/C13H17N3O3S/c1-2-11-8-15-13(19-11)9-16-20(17,18)12-6-4-3-5-10(12)7-14/h3-6,8,16H,2,7,9,14H2,1H3. The first kappa shape index (κ1) is 14.7. The molecule has 0 atom stereocenters. The van der Waals surface area contributed by atoms with Crippen molar-refractivity contribution < 1.29 is 12.8 Å². The Morgan fingerprint density at radius 3 is 2.75 bits per heavy atom. The molecule has 0 bridgehead atoms. The molecule has 0 saturated carbocycles. The Morgan fingerprint density at radius 1 is 1.35 bits per heavy atom. The van der Waals surface area contributed by atoms with Crippen molar-refractivity contribution in [3.63, 3.8) is 0 Å². The number of hydrogen-bond acceptors (Lipinski definition) is 5. The van der Waals surface area contributed by atoms with Gasteiger partial charge in [-0.15, -0.1) is 0 Å². The van der Waals surface area contributed by atoms with E-state index in [9.17, 15) is 8.42 Å². The second-order valence-corrected chi connectivity index (χ2v) is 5.95. The maximum atomic E-state index is 12.2. The van der Waals surface area contributed by atoms with Crippen LogP contribution in [0.15, 0.2) is 39.8 Å². The predicted molar refractivity (Wildman–Crippen MR) is 74.2 cm³/mol. The number of benzene rings is 1. The van der Waals surface area contributed by atoms with Crippen molar-refractivity contribution in [3.8, 4) is 0 Å². The number of sulfonamides is 1. The van der Waals surface area contributed by atoms with E-state index in [-0.39, 0.29) is 18.0 Å². The molecule has 7 heteroatoms. The molecule has 0 amide bonds. The minimum absolute atomic E-state index is 0.0151. The van der Waals surface area contributed by atoms with Crippen molar-refractivity contribution in [1.29, 1.82) is 0 Å². The Labute approximate surface area is 118 Å². The molecule has 20 heavy (non-hydrogen) atoms. The van der Waals surface area contributed by atoms with E-state index in [0.717, 1.165) is 12.2 Å². The van der Waals surface area contributed by atoms with Crippen LogP contribution in [-0.2, 0) is 29.5 Å². The zero-order chi connectivity index (χ0) is 14.6. The van der Waals surface area contributed by atoms with Gasteiger partial charge in [-0.05, 0) is 11.6 Å². The van der Waals surface area contributed by atoms with Crippen molar-refractivity contribution in [2.75, 3.05) is 0 Å². The highest BCUT2D eigenvalue weighted by Gasteiger charge is 2.18. The number of nitrogens with one attached hydrogen (secondary N) is 1. The third kappa shape index (κ3) is 3.24. The van der Waals surface area contributed by atoms with Crippen LogP contribution in [0.5, 0.6) is 0 Å². The van der Waals surface area contributed by atoms with Gasteiger partial charge >= 0.3 is 0 Å². The summed E-state index contributed by atoms with van der Waals surface area (Å²) < 4.78 is 32.3. The quantitative estimate of drug-likeness (QED) is 0.833. The van der Waals surface area contributed by atoms with Gasteiger partial charge in [0.1, 0.15) is 5.76 Å². The molecule has 1 aromatic carbocycles. The third-order valence-corrected chi connectivity index (χ3v) is 4.35. The van der Waals surface area contributed by atoms with E-state index in [0.29, 0.717) is 11.5 Å². The maximum absolute atomic E-state index is 12.2. The summed E-state index contributed by atoms with van der Waals surface area (Å²) in [6.07, 6.45) is 2.31. The molecule has 0 fully saturated rings. The highest BCUT2D eigenvalue weighted by Crippen LogP contribution is 2.15. The third-order valence-electron chi connectivity index (χ3n) is 2.85. The van der Waals surface area contributed by atoms with Crippen LogP contribution in [0.1, 0.15) is 24.1 Å². The lowest BCUT2D eigenvalue weighted by Crippen LogP contribution is -2.25. The molecule has 6 nitrogen and oxygen atoms in total. The first-order chi connectivity index (χ1) is 9.56. The van der Waals surface area contributed by atoms with Crippen LogP contribution in [-0.4, -0.2) is 13.4 Å². The molecule has 0 aliphatic carbocycles. The summed E-state index contributed by atoms with van der Waals surface area (Å²) >= 11 is 0. The monoisotopic (exact) mass is 295 g/mol. The van der Waals surface area contributed by atoms with E-state index < -0.39 is 10.0 Å². The minimum Gasteiger partial charge on any atom is -0.444 e. The fourth-order valence-corrected chi connectivity index (χ4v) is 2.99. The van der Waals surface area contributed by atoms with E-state index in [1.165, 1.54) is 6.07 Å². The van der Waals surface area contributed by atoms with Crippen molar-refractivity contribution in [1.82, 2.24) is 9.71 Å². The van der Waals surface area contributed by atoms with Crippen molar-refractivity contribution >= 4 is 10.0 Å². The predicted octanol–water partition coefficient (Wildman–Crippen LogP) is 1.17. The number of rotatable bonds is 6. The highest BCUT2D eigenvalue weighted by molar-refractivity contribution is 7.89. The number of nitrogens with zero attached hydrogens (tertiary/aromatic N) is 1. The Kier molecular flexibility index (Phi) is 4.53. The fourth-order valence-electron chi connectivity index (χ4n) is 1.76. The maximum Gasteiger partial charge on any atom is 0.241 e. The molecule has 1 heterocycles. The van der Waals surface area contributed by atoms with Crippen LogP contribution >= 0.6 is 0 Å². The second-order valence-electron chi connectivity index (χ2n) is 4.21. The topological polar surface area (TPSA) is 98.2 Å². The first-order valence-electron chi connectivity index (χ1n) is 6.28. The lowest BCUT2D eigenvalue weighted by atomic mass is 10.2. The molecule has 0 radical (unpaired) electrons. The molecular weight excluding hydrogens is 278 g/mol. The van der Waals surface area contributed by atoms with E-state index in [4.69, 9.17) is 10.2 Å². The molecule has 2 rings (SSSR count). The lowest BCUT2D eigenvalue weighted by Gasteiger charge is -2.09. The van der Waals surface area contributed by atoms with Gasteiger partial charge in [0.05, 0.1) is 17.6 Å². The van der Waals surface area contributed by atoms with Gasteiger partial charge in [-0.2, -0.15) is 0 Å². The zero-order valence-electron chi connectivity index (χ0n) is 11.2. The molecule has 108 valence electrons. The van der Waals surface area contributed by atoms with E-state index in [2.05, 4.69) is 9.71 Å². The minimum atomic E-state index is -3.63. The average Bonchev–Trinajstić information content (AvgIpc) is 2.93. The molecular formula is C13H17N3O3S. The molecule has 1 aromatic heterocycles. The summed E-state index contributed by atoms with van der Waals surface area (Å²) in [5.74, 6) is 1.07. The number of oxazole rings is 1. The van der Waals surface area contributed by atoms with E-state index in [1.807, 2.05) is 6.92 Å². The van der Waals surface area contributed by atoms with Crippen LogP contribution in [0.4, 0.5) is 0 Å². The summed E-state index contributed by atoms with van der Waals surface area (Å²) in [7, 11) is -3.63. The SMILES string of the molecule is CCc1cnc(CNS(=O)(=O)c2ccccc2CN)o1. The molecule has 2 aromatic rings. The smallest absolute Gasteiger partial charge is 0.241 e. The van der Waals surface area contributed by atoms with Crippen LogP contribution in [0.25, 0.3) is 0 Å². The Morgan fingerprint density at radius 2 is 2.10 bits per heavy atom. The molecule has 0 unspecified atom stereocenters. The van der Waals surface area contributed by atoms with Gasteiger partial charge in [0.15, 0.2) is 0 Å². The van der Waals surface area contributed by atoms with Gasteiger partial charge in [0, 0.05) is 13.0 Å². The summed E-state index contributed by atoms with van der Waals surface area (Å²) in [5.41, 5.74) is 6.12. The van der Waals surface area contributed by atoms with Crippen molar-refractivity contribution in [2.24, 2.45) is 5.73 Å². The Bertz CT molecular complexity index is 680. The summed E-state index contributed by atoms with van der Waals surface area (Å²) in [5, 5.41) is 0. The fraction of sp³-hybridized carbons (Fsp3) is 0.308. The number of hydrogen-bond donors (Lipinski definition) is 2. The van der Waals surface area contributed by atoms with Crippen molar-refractivity contribution in [2.45, 2.75) is 31.3 Å². The number of aryl methyl sites for hydroxylation is 1. The highest BCUT2D eigenvalue weighted by atomic mass is 32.2. The number of aromatic nitrogens is 1. The van der Waals surface area contributed by atoms with Gasteiger partial charge in [-0.25, -0.2) is 18.1 Å². The lowest BCUT2D eigenvalue weighted by molar-refractivity contribution is 0.452. The second kappa shape index (κ2) is 6.17. The van der Waals surface area contributed by atoms with Gasteiger partial charge in [0.2, 0.25) is 15.9 Å². The Balaban J connectivity index is 2.15. The average molecular weight is 295 g/mol. The van der Waals surface area contributed by atoms with Crippen LogP contribution in [0, 0.1) is 0 Å². The zero-order valence-corrected chi connectivity index (χ0v) is 12.0. The first-order valence-corrected chi connectivity index (χ1v) is 7.76. The summed E-state index contributed by atoms with van der Waals surface area (Å²) in [6.45, 7) is 2.11. The van der Waals surface area contributed by atoms with Gasteiger partial charge < -0.3 is 10.2 Å².